The van der Waals surface area contributed by atoms with E-state index in [0.717, 1.165) is 19.3 Å². The summed E-state index contributed by atoms with van der Waals surface area (Å²) in [6, 6.07) is 0. The van der Waals surface area contributed by atoms with Crippen LogP contribution in [0.2, 0.25) is 0 Å². The van der Waals surface area contributed by atoms with E-state index in [2.05, 4.69) is 34.6 Å². The maximum Gasteiger partial charge on any atom is 0.312 e. The van der Waals surface area contributed by atoms with Gasteiger partial charge in [0, 0.05) is 11.8 Å². The lowest BCUT2D eigenvalue weighted by Crippen LogP contribution is -2.47. The number of carbonyl (C=O) groups is 2. The number of rotatable bonds is 4. The molecule has 0 amide bonds. The van der Waals surface area contributed by atoms with Crippen molar-refractivity contribution in [3.05, 3.63) is 0 Å². The van der Waals surface area contributed by atoms with Crippen molar-refractivity contribution in [3.63, 3.8) is 0 Å². The van der Waals surface area contributed by atoms with Crippen LogP contribution in [0, 0.1) is 34.0 Å². The Balaban J connectivity index is 1.79. The van der Waals surface area contributed by atoms with Crippen molar-refractivity contribution in [2.24, 2.45) is 34.0 Å². The van der Waals surface area contributed by atoms with Gasteiger partial charge in [0.05, 0.1) is 10.8 Å². The summed E-state index contributed by atoms with van der Waals surface area (Å²) in [4.78, 5) is 25.3. The Bertz CT molecular complexity index is 560. The van der Waals surface area contributed by atoms with E-state index in [0.29, 0.717) is 5.92 Å². The summed E-state index contributed by atoms with van der Waals surface area (Å²) in [6.07, 6.45) is 2.05. The number of hydrogen-bond donors (Lipinski definition) is 0. The van der Waals surface area contributed by atoms with Gasteiger partial charge in [-0.25, -0.2) is 0 Å². The molecule has 6 atom stereocenters. The highest BCUT2D eigenvalue weighted by Crippen LogP contribution is 2.62. The molecule has 136 valence electrons. The van der Waals surface area contributed by atoms with E-state index in [1.807, 2.05) is 13.8 Å². The molecule has 2 bridgehead atoms. The highest BCUT2D eigenvalue weighted by atomic mass is 16.6. The van der Waals surface area contributed by atoms with Gasteiger partial charge in [0.2, 0.25) is 0 Å². The van der Waals surface area contributed by atoms with Crippen molar-refractivity contribution in [2.45, 2.75) is 79.9 Å². The van der Waals surface area contributed by atoms with Crippen molar-refractivity contribution < 1.29 is 19.1 Å². The molecule has 2 aliphatic carbocycles. The summed E-state index contributed by atoms with van der Waals surface area (Å²) < 4.78 is 11.7. The number of esters is 2. The van der Waals surface area contributed by atoms with Crippen molar-refractivity contribution in [2.75, 3.05) is 0 Å². The molecule has 4 heteroatoms. The SMILES string of the molecule is CC(C)CC(C)(C(=O)OC1C2CC3C1OC(=O)C3(C)C2)C(C)(C)C. The van der Waals surface area contributed by atoms with Gasteiger partial charge in [0.25, 0.3) is 0 Å². The van der Waals surface area contributed by atoms with Gasteiger partial charge in [-0.3, -0.25) is 9.59 Å². The lowest BCUT2D eigenvalue weighted by Gasteiger charge is -2.42. The summed E-state index contributed by atoms with van der Waals surface area (Å²) in [6.45, 7) is 14.6. The van der Waals surface area contributed by atoms with E-state index >= 15 is 0 Å². The molecule has 2 saturated carbocycles. The van der Waals surface area contributed by atoms with E-state index in [-0.39, 0.29) is 46.8 Å². The molecule has 1 saturated heterocycles. The topological polar surface area (TPSA) is 52.6 Å². The highest BCUT2D eigenvalue weighted by molar-refractivity contribution is 5.81. The lowest BCUT2D eigenvalue weighted by molar-refractivity contribution is -0.178. The summed E-state index contributed by atoms with van der Waals surface area (Å²) in [5, 5.41) is 0. The minimum atomic E-state index is -0.547. The summed E-state index contributed by atoms with van der Waals surface area (Å²) in [7, 11) is 0. The molecule has 3 fully saturated rings. The first-order valence-corrected chi connectivity index (χ1v) is 9.32. The Morgan fingerprint density at radius 2 is 1.96 bits per heavy atom. The fourth-order valence-electron chi connectivity index (χ4n) is 5.18. The smallest absolute Gasteiger partial charge is 0.312 e. The molecule has 1 aliphatic heterocycles. The fourth-order valence-corrected chi connectivity index (χ4v) is 5.18. The number of carbonyl (C=O) groups excluding carboxylic acids is 2. The maximum atomic E-state index is 13.2. The quantitative estimate of drug-likeness (QED) is 0.729. The van der Waals surface area contributed by atoms with Crippen molar-refractivity contribution in [1.82, 2.24) is 0 Å². The van der Waals surface area contributed by atoms with Gasteiger partial charge in [0.15, 0.2) is 0 Å². The normalized spacial score (nSPS) is 39.9. The van der Waals surface area contributed by atoms with Crippen LogP contribution in [0.3, 0.4) is 0 Å². The third-order valence-electron chi connectivity index (χ3n) is 7.12. The molecule has 3 rings (SSSR count). The van der Waals surface area contributed by atoms with Gasteiger partial charge in [-0.15, -0.1) is 0 Å². The lowest BCUT2D eigenvalue weighted by atomic mass is 9.64. The monoisotopic (exact) mass is 336 g/mol. The molecule has 0 N–H and O–H groups in total. The van der Waals surface area contributed by atoms with Gasteiger partial charge < -0.3 is 9.47 Å². The van der Waals surface area contributed by atoms with E-state index < -0.39 is 5.41 Å². The van der Waals surface area contributed by atoms with Gasteiger partial charge in [-0.05, 0) is 44.4 Å². The average Bonchev–Trinajstić information content (AvgIpc) is 2.97. The molecule has 4 nitrogen and oxygen atoms in total. The molecule has 3 aliphatic rings. The first-order chi connectivity index (χ1) is 10.9. The molecule has 0 spiro atoms. The Morgan fingerprint density at radius 3 is 2.50 bits per heavy atom. The van der Waals surface area contributed by atoms with Crippen LogP contribution in [0.25, 0.3) is 0 Å². The zero-order chi connectivity index (χ0) is 18.1. The van der Waals surface area contributed by atoms with E-state index in [9.17, 15) is 9.59 Å². The van der Waals surface area contributed by atoms with Crippen LogP contribution < -0.4 is 0 Å². The maximum absolute atomic E-state index is 13.2. The van der Waals surface area contributed by atoms with E-state index in [1.165, 1.54) is 0 Å². The second-order valence-electron chi connectivity index (χ2n) is 10.1. The zero-order valence-corrected chi connectivity index (χ0v) is 16.1. The van der Waals surface area contributed by atoms with Crippen LogP contribution in [0.1, 0.15) is 67.7 Å². The number of hydrogen-bond acceptors (Lipinski definition) is 4. The summed E-state index contributed by atoms with van der Waals surface area (Å²) in [5.41, 5.74) is -1.08. The molecular formula is C20H32O4. The Morgan fingerprint density at radius 1 is 1.33 bits per heavy atom. The van der Waals surface area contributed by atoms with Gasteiger partial charge >= 0.3 is 11.9 Å². The number of ether oxygens (including phenoxy) is 2. The van der Waals surface area contributed by atoms with Crippen molar-refractivity contribution in [3.8, 4) is 0 Å². The molecule has 0 aromatic carbocycles. The minimum Gasteiger partial charge on any atom is -0.458 e. The molecule has 0 aromatic rings. The predicted molar refractivity (Wildman–Crippen MR) is 91.1 cm³/mol. The highest BCUT2D eigenvalue weighted by Gasteiger charge is 2.69. The first kappa shape index (κ1) is 17.8. The fraction of sp³-hybridized carbons (Fsp3) is 0.900. The van der Waals surface area contributed by atoms with Crippen molar-refractivity contribution in [1.29, 1.82) is 0 Å². The van der Waals surface area contributed by atoms with Crippen LogP contribution >= 0.6 is 0 Å². The van der Waals surface area contributed by atoms with Crippen molar-refractivity contribution >= 4 is 11.9 Å². The zero-order valence-electron chi connectivity index (χ0n) is 16.1. The first-order valence-electron chi connectivity index (χ1n) is 9.32. The van der Waals surface area contributed by atoms with Gasteiger partial charge in [-0.2, -0.15) is 0 Å². The molecule has 24 heavy (non-hydrogen) atoms. The largest absolute Gasteiger partial charge is 0.458 e. The predicted octanol–water partition coefficient (Wildman–Crippen LogP) is 3.97. The third-order valence-corrected chi connectivity index (χ3v) is 7.12. The van der Waals surface area contributed by atoms with E-state index in [1.54, 1.807) is 0 Å². The average molecular weight is 336 g/mol. The summed E-state index contributed by atoms with van der Waals surface area (Å²) >= 11 is 0. The van der Waals surface area contributed by atoms with Crippen LogP contribution in [-0.4, -0.2) is 24.1 Å². The summed E-state index contributed by atoms with van der Waals surface area (Å²) in [5.74, 6) is 0.669. The second-order valence-corrected chi connectivity index (χ2v) is 10.1. The second kappa shape index (κ2) is 5.22. The molecular weight excluding hydrogens is 304 g/mol. The van der Waals surface area contributed by atoms with Crippen LogP contribution in [0.5, 0.6) is 0 Å². The van der Waals surface area contributed by atoms with Crippen LogP contribution in [0.15, 0.2) is 0 Å². The van der Waals surface area contributed by atoms with Crippen LogP contribution in [0.4, 0.5) is 0 Å². The standard InChI is InChI=1S/C20H32O4/c1-11(2)9-20(7,18(3,4)5)17(22)23-14-12-8-13-15(14)24-16(21)19(13,6)10-12/h11-15H,8-10H2,1-7H3. The molecule has 0 aromatic heterocycles. The number of fused-ring (bicyclic) bond motifs is 1. The Hall–Kier alpha value is -1.06. The molecule has 0 radical (unpaired) electrons. The van der Waals surface area contributed by atoms with Crippen LogP contribution in [-0.2, 0) is 19.1 Å². The third kappa shape index (κ3) is 2.32. The van der Waals surface area contributed by atoms with Gasteiger partial charge in [-0.1, -0.05) is 34.6 Å². The molecule has 1 heterocycles. The Labute approximate surface area is 145 Å². The van der Waals surface area contributed by atoms with E-state index in [4.69, 9.17) is 9.47 Å². The minimum absolute atomic E-state index is 0.0979. The van der Waals surface area contributed by atoms with Gasteiger partial charge in [0.1, 0.15) is 12.2 Å². The Kier molecular flexibility index (Phi) is 3.86. The molecule has 6 unspecified atom stereocenters.